The number of hydrogen-bond donors (Lipinski definition) is 2. The molecule has 1 aromatic carbocycles. The number of nitrogens with one attached hydrogen (secondary N) is 2. The molecule has 37 heavy (non-hydrogen) atoms. The molecule has 10 heteroatoms. The quantitative estimate of drug-likeness (QED) is 0.414. The van der Waals surface area contributed by atoms with Crippen molar-refractivity contribution in [2.75, 3.05) is 11.6 Å². The molecule has 1 atom stereocenters. The van der Waals surface area contributed by atoms with Crippen LogP contribution in [0.15, 0.2) is 22.7 Å². The second-order valence-electron chi connectivity index (χ2n) is 11.2. The molecule has 2 aliphatic rings. The van der Waals surface area contributed by atoms with Gasteiger partial charge in [0.05, 0.1) is 11.9 Å². The highest BCUT2D eigenvalue weighted by molar-refractivity contribution is 7.89. The van der Waals surface area contributed by atoms with Crippen LogP contribution in [0, 0.1) is 24.6 Å². The van der Waals surface area contributed by atoms with Crippen molar-refractivity contribution >= 4 is 27.5 Å². The Labute approximate surface area is 217 Å². The molecule has 8 nitrogen and oxygen atoms in total. The van der Waals surface area contributed by atoms with E-state index in [9.17, 15) is 22.4 Å². The van der Waals surface area contributed by atoms with Crippen LogP contribution in [-0.2, 0) is 19.6 Å². The average Bonchev–Trinajstić information content (AvgIpc) is 3.49. The van der Waals surface area contributed by atoms with Gasteiger partial charge in [0.1, 0.15) is 11.6 Å². The minimum absolute atomic E-state index is 0.0969. The molecule has 4 rings (SSSR count). The summed E-state index contributed by atoms with van der Waals surface area (Å²) in [5, 5.41) is 7.16. The van der Waals surface area contributed by atoms with Gasteiger partial charge in [-0.25, -0.2) is 12.8 Å². The molecular formula is C27H36FN3O5S. The Morgan fingerprint density at radius 2 is 1.81 bits per heavy atom. The van der Waals surface area contributed by atoms with Crippen LogP contribution in [0.3, 0.4) is 0 Å². The predicted octanol–water partition coefficient (Wildman–Crippen LogP) is 5.12. The average molecular weight is 534 g/mol. The van der Waals surface area contributed by atoms with Crippen molar-refractivity contribution in [2.45, 2.75) is 83.5 Å². The van der Waals surface area contributed by atoms with Crippen LogP contribution in [0.25, 0.3) is 0 Å². The van der Waals surface area contributed by atoms with Gasteiger partial charge < -0.3 is 9.84 Å². The maximum atomic E-state index is 13.5. The number of carbonyl (C=O) groups excluding carboxylic acids is 2. The van der Waals surface area contributed by atoms with E-state index in [4.69, 9.17) is 4.52 Å². The highest BCUT2D eigenvalue weighted by Gasteiger charge is 2.42. The largest absolute Gasteiger partial charge is 0.361 e. The fourth-order valence-electron chi connectivity index (χ4n) is 5.43. The Kier molecular flexibility index (Phi) is 8.06. The van der Waals surface area contributed by atoms with Gasteiger partial charge in [-0.15, -0.1) is 0 Å². The third-order valence-electron chi connectivity index (χ3n) is 7.19. The highest BCUT2D eigenvalue weighted by atomic mass is 32.2. The standard InChI is InChI=1S/C27H36FN3O5S/c1-15(2)9-17-11-20(12-17)27-25(18-5-6-18)26(30-36-27)19(14-24(33)31-37(4,34)35)13-23(32)29-22-8-7-21(28)10-16(22)3/h7-8,10,15,17-20H,5-6,9,11-14H2,1-4H3,(H,29,32)(H,31,33)/t17-,19-,20+/m1/s1. The van der Waals surface area contributed by atoms with Crippen molar-refractivity contribution in [1.29, 1.82) is 0 Å². The Morgan fingerprint density at radius 3 is 2.41 bits per heavy atom. The molecule has 2 aromatic rings. The van der Waals surface area contributed by atoms with Gasteiger partial charge in [-0.05, 0) is 80.5 Å². The molecule has 0 spiro atoms. The smallest absolute Gasteiger partial charge is 0.234 e. The van der Waals surface area contributed by atoms with Crippen LogP contribution in [0.2, 0.25) is 0 Å². The van der Waals surface area contributed by atoms with Crippen molar-refractivity contribution in [3.05, 3.63) is 46.6 Å². The van der Waals surface area contributed by atoms with Gasteiger partial charge in [-0.1, -0.05) is 19.0 Å². The lowest BCUT2D eigenvalue weighted by Crippen LogP contribution is -2.31. The van der Waals surface area contributed by atoms with E-state index in [1.54, 1.807) is 6.92 Å². The number of anilines is 1. The zero-order chi connectivity index (χ0) is 26.9. The normalized spacial score (nSPS) is 20.4. The second-order valence-corrected chi connectivity index (χ2v) is 12.9. The first-order valence-corrected chi connectivity index (χ1v) is 14.8. The summed E-state index contributed by atoms with van der Waals surface area (Å²) in [5.74, 6) is 0.575. The number of halogens is 1. The molecule has 0 bridgehead atoms. The topological polar surface area (TPSA) is 118 Å². The van der Waals surface area contributed by atoms with Crippen LogP contribution in [0.5, 0.6) is 0 Å². The van der Waals surface area contributed by atoms with E-state index in [0.29, 0.717) is 28.8 Å². The highest BCUT2D eigenvalue weighted by Crippen LogP contribution is 2.52. The molecule has 0 unspecified atom stereocenters. The van der Waals surface area contributed by atoms with Gasteiger partial charge in [-0.3, -0.25) is 14.3 Å². The number of hydrogen-bond acceptors (Lipinski definition) is 6. The van der Waals surface area contributed by atoms with Crippen molar-refractivity contribution in [1.82, 2.24) is 9.88 Å². The lowest BCUT2D eigenvalue weighted by atomic mass is 9.69. The van der Waals surface area contributed by atoms with E-state index in [1.807, 2.05) is 4.72 Å². The Morgan fingerprint density at radius 1 is 1.14 bits per heavy atom. The molecule has 1 aromatic heterocycles. The summed E-state index contributed by atoms with van der Waals surface area (Å²) in [7, 11) is -3.75. The number of carbonyl (C=O) groups is 2. The summed E-state index contributed by atoms with van der Waals surface area (Å²) in [4.78, 5) is 25.6. The number of aryl methyl sites for hydroxylation is 1. The molecule has 1 heterocycles. The zero-order valence-electron chi connectivity index (χ0n) is 21.8. The van der Waals surface area contributed by atoms with Crippen molar-refractivity contribution in [3.63, 3.8) is 0 Å². The molecule has 2 fully saturated rings. The van der Waals surface area contributed by atoms with E-state index < -0.39 is 27.7 Å². The molecule has 2 amide bonds. The van der Waals surface area contributed by atoms with Gasteiger partial charge in [0, 0.05) is 35.9 Å². The number of nitrogens with zero attached hydrogens (tertiary/aromatic N) is 1. The van der Waals surface area contributed by atoms with Gasteiger partial charge in [0.2, 0.25) is 21.8 Å². The first-order chi connectivity index (χ1) is 17.4. The van der Waals surface area contributed by atoms with Crippen LogP contribution < -0.4 is 10.0 Å². The minimum atomic E-state index is -3.75. The summed E-state index contributed by atoms with van der Waals surface area (Å²) < 4.78 is 44.6. The van der Waals surface area contributed by atoms with Crippen molar-refractivity contribution < 1.29 is 26.9 Å². The second kappa shape index (κ2) is 10.9. The van der Waals surface area contributed by atoms with E-state index in [-0.39, 0.29) is 30.6 Å². The molecule has 0 saturated heterocycles. The number of amides is 2. The monoisotopic (exact) mass is 533 g/mol. The summed E-state index contributed by atoms with van der Waals surface area (Å²) in [6.45, 7) is 6.14. The van der Waals surface area contributed by atoms with Gasteiger partial charge >= 0.3 is 0 Å². The summed E-state index contributed by atoms with van der Waals surface area (Å²) in [5.41, 5.74) is 2.61. The minimum Gasteiger partial charge on any atom is -0.361 e. The maximum Gasteiger partial charge on any atom is 0.234 e. The van der Waals surface area contributed by atoms with Crippen molar-refractivity contribution in [3.8, 4) is 0 Å². The third kappa shape index (κ3) is 7.18. The number of rotatable bonds is 11. The number of aromatic nitrogens is 1. The van der Waals surface area contributed by atoms with Gasteiger partial charge in [0.15, 0.2) is 0 Å². The summed E-state index contributed by atoms with van der Waals surface area (Å²) in [6.07, 6.45) is 5.83. The Hall–Kier alpha value is -2.75. The first-order valence-electron chi connectivity index (χ1n) is 13.0. The molecule has 0 aliphatic heterocycles. The third-order valence-corrected chi connectivity index (χ3v) is 7.79. The molecule has 0 radical (unpaired) electrons. The Bertz CT molecular complexity index is 1260. The lowest BCUT2D eigenvalue weighted by Gasteiger charge is -2.35. The molecular weight excluding hydrogens is 497 g/mol. The van der Waals surface area contributed by atoms with Crippen LogP contribution in [0.4, 0.5) is 10.1 Å². The zero-order valence-corrected chi connectivity index (χ0v) is 22.7. The van der Waals surface area contributed by atoms with Crippen LogP contribution >= 0.6 is 0 Å². The molecule has 2 N–H and O–H groups in total. The SMILES string of the molecule is Cc1cc(F)ccc1NC(=O)C[C@H](CC(=O)NS(C)(=O)=O)c1noc([C@H]2C[C@@H](CC(C)C)C2)c1C1CC1. The molecule has 2 aliphatic carbocycles. The number of sulfonamides is 1. The fraction of sp³-hybridized carbons (Fsp3) is 0.593. The van der Waals surface area contributed by atoms with Gasteiger partial charge in [-0.2, -0.15) is 0 Å². The molecule has 2 saturated carbocycles. The fourth-order valence-corrected chi connectivity index (χ4v) is 5.93. The summed E-state index contributed by atoms with van der Waals surface area (Å²) >= 11 is 0. The van der Waals surface area contributed by atoms with Gasteiger partial charge in [0.25, 0.3) is 0 Å². The number of benzene rings is 1. The maximum absolute atomic E-state index is 13.5. The summed E-state index contributed by atoms with van der Waals surface area (Å²) in [6, 6.07) is 4.08. The lowest BCUT2D eigenvalue weighted by molar-refractivity contribution is -0.120. The van der Waals surface area contributed by atoms with E-state index in [1.165, 1.54) is 24.6 Å². The van der Waals surface area contributed by atoms with Crippen LogP contribution in [-0.4, -0.2) is 31.6 Å². The van der Waals surface area contributed by atoms with Crippen molar-refractivity contribution in [2.24, 2.45) is 11.8 Å². The van der Waals surface area contributed by atoms with E-state index in [0.717, 1.165) is 43.3 Å². The Balaban J connectivity index is 1.57. The van der Waals surface area contributed by atoms with Crippen LogP contribution in [0.1, 0.15) is 99.1 Å². The predicted molar refractivity (Wildman–Crippen MR) is 138 cm³/mol. The van der Waals surface area contributed by atoms with E-state index >= 15 is 0 Å². The van der Waals surface area contributed by atoms with E-state index in [2.05, 4.69) is 24.3 Å². The molecule has 202 valence electrons. The first kappa shape index (κ1) is 27.3.